The second kappa shape index (κ2) is 7.65. The number of rotatable bonds is 6. The Morgan fingerprint density at radius 1 is 1.00 bits per heavy atom. The van der Waals surface area contributed by atoms with Crippen molar-refractivity contribution in [2.75, 3.05) is 13.2 Å². The highest BCUT2D eigenvalue weighted by Gasteiger charge is 2.08. The van der Waals surface area contributed by atoms with E-state index in [1.54, 1.807) is 0 Å². The fourth-order valence-electron chi connectivity index (χ4n) is 0.698. The monoisotopic (exact) mass is 202 g/mol. The van der Waals surface area contributed by atoms with E-state index in [0.717, 1.165) is 12.8 Å². The molecule has 0 aliphatic carbocycles. The maximum Gasteiger partial charge on any atom is 0.508 e. The molecule has 0 aromatic rings. The summed E-state index contributed by atoms with van der Waals surface area (Å²) in [5.74, 6) is 0.817. The van der Waals surface area contributed by atoms with E-state index in [9.17, 15) is 4.79 Å². The lowest BCUT2D eigenvalue weighted by Gasteiger charge is -2.11. The predicted octanol–water partition coefficient (Wildman–Crippen LogP) is 3.23. The molecule has 0 radical (unpaired) electrons. The lowest BCUT2D eigenvalue weighted by molar-refractivity contribution is 0.0369. The van der Waals surface area contributed by atoms with Crippen LogP contribution in [0.5, 0.6) is 0 Å². The summed E-state index contributed by atoms with van der Waals surface area (Å²) in [6.45, 7) is 9.13. The van der Waals surface area contributed by atoms with E-state index in [2.05, 4.69) is 13.8 Å². The SMILES string of the molecule is CC[C@H](C)COC(=O)OC[C@@H](C)CC. The van der Waals surface area contributed by atoms with Crippen molar-refractivity contribution in [2.45, 2.75) is 40.5 Å². The third-order valence-electron chi connectivity index (χ3n) is 2.37. The van der Waals surface area contributed by atoms with Gasteiger partial charge in [0.2, 0.25) is 0 Å². The minimum absolute atomic E-state index is 0.408. The molecule has 0 rings (SSSR count). The molecule has 84 valence electrons. The summed E-state index contributed by atoms with van der Waals surface area (Å²) in [5.41, 5.74) is 0. The molecule has 0 aliphatic heterocycles. The number of hydrogen-bond acceptors (Lipinski definition) is 3. The normalized spacial score (nSPS) is 14.6. The third kappa shape index (κ3) is 6.75. The molecule has 0 fully saturated rings. The summed E-state index contributed by atoms with van der Waals surface area (Å²) in [6, 6.07) is 0. The van der Waals surface area contributed by atoms with E-state index in [-0.39, 0.29) is 0 Å². The first-order valence-corrected chi connectivity index (χ1v) is 5.39. The standard InChI is InChI=1S/C11H22O3/c1-5-9(3)7-13-11(12)14-8-10(4)6-2/h9-10H,5-8H2,1-4H3/t9-,10-/m0/s1. The van der Waals surface area contributed by atoms with E-state index >= 15 is 0 Å². The highest BCUT2D eigenvalue weighted by Crippen LogP contribution is 2.04. The highest BCUT2D eigenvalue weighted by molar-refractivity contribution is 5.59. The van der Waals surface area contributed by atoms with Crippen LogP contribution < -0.4 is 0 Å². The van der Waals surface area contributed by atoms with Crippen molar-refractivity contribution in [3.63, 3.8) is 0 Å². The van der Waals surface area contributed by atoms with Crippen LogP contribution >= 0.6 is 0 Å². The first-order chi connectivity index (χ1) is 6.60. The summed E-state index contributed by atoms with van der Waals surface area (Å²) in [4.78, 5) is 11.0. The lowest BCUT2D eigenvalue weighted by Crippen LogP contribution is -2.15. The van der Waals surface area contributed by atoms with E-state index in [1.807, 2.05) is 13.8 Å². The van der Waals surface area contributed by atoms with Gasteiger partial charge in [0.05, 0.1) is 13.2 Å². The molecular formula is C11H22O3. The third-order valence-corrected chi connectivity index (χ3v) is 2.37. The summed E-state index contributed by atoms with van der Waals surface area (Å²) in [6.07, 6.45) is 1.49. The van der Waals surface area contributed by atoms with Gasteiger partial charge in [-0.05, 0) is 11.8 Å². The Bertz CT molecular complexity index is 141. The van der Waals surface area contributed by atoms with Gasteiger partial charge in [-0.15, -0.1) is 0 Å². The highest BCUT2D eigenvalue weighted by atomic mass is 16.7. The molecule has 0 unspecified atom stereocenters. The predicted molar refractivity (Wildman–Crippen MR) is 56.2 cm³/mol. The van der Waals surface area contributed by atoms with Crippen molar-refractivity contribution >= 4 is 6.16 Å². The van der Waals surface area contributed by atoms with Crippen LogP contribution in [0.25, 0.3) is 0 Å². The van der Waals surface area contributed by atoms with Gasteiger partial charge in [-0.25, -0.2) is 4.79 Å². The maximum absolute atomic E-state index is 11.0. The Morgan fingerprint density at radius 2 is 1.36 bits per heavy atom. The largest absolute Gasteiger partial charge is 0.508 e. The molecule has 14 heavy (non-hydrogen) atoms. The average Bonchev–Trinajstić information content (AvgIpc) is 2.22. The smallest absolute Gasteiger partial charge is 0.434 e. The van der Waals surface area contributed by atoms with Crippen LogP contribution in [0.15, 0.2) is 0 Å². The van der Waals surface area contributed by atoms with Crippen molar-refractivity contribution in [1.29, 1.82) is 0 Å². The molecule has 0 amide bonds. The summed E-state index contributed by atoms with van der Waals surface area (Å²) in [5, 5.41) is 0. The van der Waals surface area contributed by atoms with Crippen LogP contribution in [-0.2, 0) is 9.47 Å². The number of carbonyl (C=O) groups is 1. The summed E-state index contributed by atoms with van der Waals surface area (Å²) >= 11 is 0. The second-order valence-electron chi connectivity index (χ2n) is 3.90. The van der Waals surface area contributed by atoms with E-state index in [1.165, 1.54) is 0 Å². The fourth-order valence-corrected chi connectivity index (χ4v) is 0.698. The Labute approximate surface area is 86.8 Å². The molecular weight excluding hydrogens is 180 g/mol. The Morgan fingerprint density at radius 3 is 1.64 bits per heavy atom. The van der Waals surface area contributed by atoms with Crippen molar-refractivity contribution in [2.24, 2.45) is 11.8 Å². The van der Waals surface area contributed by atoms with Gasteiger partial charge < -0.3 is 9.47 Å². The molecule has 0 bridgehead atoms. The quantitative estimate of drug-likeness (QED) is 0.620. The van der Waals surface area contributed by atoms with Crippen LogP contribution in [0.2, 0.25) is 0 Å². The second-order valence-corrected chi connectivity index (χ2v) is 3.90. The van der Waals surface area contributed by atoms with Crippen molar-refractivity contribution in [3.8, 4) is 0 Å². The average molecular weight is 202 g/mol. The van der Waals surface area contributed by atoms with Crippen LogP contribution in [0.3, 0.4) is 0 Å². The van der Waals surface area contributed by atoms with Gasteiger partial charge in [0.25, 0.3) is 0 Å². The Balaban J connectivity index is 3.46. The van der Waals surface area contributed by atoms with Crippen LogP contribution in [0.1, 0.15) is 40.5 Å². The zero-order chi connectivity index (χ0) is 11.0. The Kier molecular flexibility index (Phi) is 7.25. The molecule has 0 heterocycles. The van der Waals surface area contributed by atoms with Gasteiger partial charge >= 0.3 is 6.16 Å². The van der Waals surface area contributed by atoms with Crippen LogP contribution in [0, 0.1) is 11.8 Å². The molecule has 0 aromatic carbocycles. The van der Waals surface area contributed by atoms with Gasteiger partial charge in [-0.1, -0.05) is 40.5 Å². The molecule has 3 heteroatoms. The molecule has 0 saturated carbocycles. The van der Waals surface area contributed by atoms with Gasteiger partial charge in [0.1, 0.15) is 0 Å². The minimum Gasteiger partial charge on any atom is -0.434 e. The number of ether oxygens (including phenoxy) is 2. The Hall–Kier alpha value is -0.730. The van der Waals surface area contributed by atoms with Crippen molar-refractivity contribution in [1.82, 2.24) is 0 Å². The molecule has 0 spiro atoms. The molecule has 0 saturated heterocycles. The summed E-state index contributed by atoms with van der Waals surface area (Å²) < 4.78 is 9.86. The molecule has 0 N–H and O–H groups in total. The first-order valence-electron chi connectivity index (χ1n) is 5.39. The topological polar surface area (TPSA) is 35.5 Å². The van der Waals surface area contributed by atoms with Gasteiger partial charge in [0, 0.05) is 0 Å². The van der Waals surface area contributed by atoms with Crippen molar-refractivity contribution in [3.05, 3.63) is 0 Å². The van der Waals surface area contributed by atoms with E-state index < -0.39 is 6.16 Å². The zero-order valence-corrected chi connectivity index (χ0v) is 9.71. The van der Waals surface area contributed by atoms with E-state index in [4.69, 9.17) is 9.47 Å². The van der Waals surface area contributed by atoms with Gasteiger partial charge in [0.15, 0.2) is 0 Å². The fraction of sp³-hybridized carbons (Fsp3) is 0.909. The van der Waals surface area contributed by atoms with E-state index in [0.29, 0.717) is 25.0 Å². The zero-order valence-electron chi connectivity index (χ0n) is 9.71. The van der Waals surface area contributed by atoms with Crippen LogP contribution in [0.4, 0.5) is 4.79 Å². The first kappa shape index (κ1) is 13.3. The number of hydrogen-bond donors (Lipinski definition) is 0. The maximum atomic E-state index is 11.0. The lowest BCUT2D eigenvalue weighted by atomic mass is 10.1. The molecule has 3 nitrogen and oxygen atoms in total. The van der Waals surface area contributed by atoms with Gasteiger partial charge in [-0.3, -0.25) is 0 Å². The number of carbonyl (C=O) groups excluding carboxylic acids is 1. The molecule has 2 atom stereocenters. The van der Waals surface area contributed by atoms with Gasteiger partial charge in [-0.2, -0.15) is 0 Å². The molecule has 0 aliphatic rings. The molecule has 0 aromatic heterocycles. The van der Waals surface area contributed by atoms with Crippen molar-refractivity contribution < 1.29 is 14.3 Å². The minimum atomic E-state index is -0.536. The summed E-state index contributed by atoms with van der Waals surface area (Å²) in [7, 11) is 0. The van der Waals surface area contributed by atoms with Crippen LogP contribution in [-0.4, -0.2) is 19.4 Å².